The molecule has 8 heteroatoms. The van der Waals surface area contributed by atoms with Crippen molar-refractivity contribution in [3.8, 4) is 5.88 Å². The summed E-state index contributed by atoms with van der Waals surface area (Å²) in [6.45, 7) is -0.528. The van der Waals surface area contributed by atoms with E-state index in [0.29, 0.717) is 5.88 Å². The van der Waals surface area contributed by atoms with Crippen LogP contribution in [0.2, 0.25) is 0 Å². The fraction of sp³-hybridized carbons (Fsp3) is 0.333. The highest BCUT2D eigenvalue weighted by Crippen LogP contribution is 2.06. The molecule has 1 heterocycles. The largest absolute Gasteiger partial charge is 0.481 e. The molecule has 0 aliphatic rings. The van der Waals surface area contributed by atoms with Crippen LogP contribution in [0.5, 0.6) is 5.88 Å². The van der Waals surface area contributed by atoms with Crippen molar-refractivity contribution in [2.45, 2.75) is 0 Å². The summed E-state index contributed by atoms with van der Waals surface area (Å²) in [6.07, 6.45) is 1.48. The molecule has 0 saturated carbocycles. The van der Waals surface area contributed by atoms with E-state index in [0.717, 1.165) is 0 Å². The number of hydrogen-bond acceptors (Lipinski definition) is 6. The SMILES string of the molecule is COc1ccnc(NCC(=O)NCC(=O)O)n1. The lowest BCUT2D eigenvalue weighted by molar-refractivity contribution is -0.137. The Morgan fingerprint density at radius 3 is 2.88 bits per heavy atom. The van der Waals surface area contributed by atoms with Gasteiger partial charge in [-0.15, -0.1) is 0 Å². The highest BCUT2D eigenvalue weighted by atomic mass is 16.5. The molecule has 0 bridgehead atoms. The molecule has 1 aromatic heterocycles. The number of hydrogen-bond donors (Lipinski definition) is 3. The van der Waals surface area contributed by atoms with Gasteiger partial charge in [-0.1, -0.05) is 0 Å². The Balaban J connectivity index is 2.39. The van der Waals surface area contributed by atoms with Crippen LogP contribution in [0.25, 0.3) is 0 Å². The second-order valence-corrected chi connectivity index (χ2v) is 2.95. The standard InChI is InChI=1S/C9H12N4O4/c1-17-7-2-3-10-9(13-7)12-4-6(14)11-5-8(15)16/h2-3H,4-5H2,1H3,(H,11,14)(H,15,16)(H,10,12,13). The zero-order chi connectivity index (χ0) is 12.7. The summed E-state index contributed by atoms with van der Waals surface area (Å²) in [5.41, 5.74) is 0. The highest BCUT2D eigenvalue weighted by Gasteiger charge is 2.05. The number of ether oxygens (including phenoxy) is 1. The number of carbonyl (C=O) groups is 2. The minimum atomic E-state index is -1.10. The van der Waals surface area contributed by atoms with Gasteiger partial charge in [-0.25, -0.2) is 4.98 Å². The number of carboxylic acid groups (broad SMARTS) is 1. The first-order valence-electron chi connectivity index (χ1n) is 4.71. The zero-order valence-corrected chi connectivity index (χ0v) is 9.14. The van der Waals surface area contributed by atoms with Crippen molar-refractivity contribution >= 4 is 17.8 Å². The second kappa shape index (κ2) is 6.26. The molecule has 3 N–H and O–H groups in total. The number of nitrogens with one attached hydrogen (secondary N) is 2. The lowest BCUT2D eigenvalue weighted by Crippen LogP contribution is -2.34. The van der Waals surface area contributed by atoms with E-state index >= 15 is 0 Å². The number of carboxylic acids is 1. The van der Waals surface area contributed by atoms with Crippen LogP contribution in [0.1, 0.15) is 0 Å². The van der Waals surface area contributed by atoms with Crippen LogP contribution < -0.4 is 15.4 Å². The molecule has 0 atom stereocenters. The van der Waals surface area contributed by atoms with Crippen molar-refractivity contribution in [2.24, 2.45) is 0 Å². The number of carbonyl (C=O) groups excluding carboxylic acids is 1. The summed E-state index contributed by atoms with van der Waals surface area (Å²) >= 11 is 0. The van der Waals surface area contributed by atoms with Crippen LogP contribution in [0.4, 0.5) is 5.95 Å². The molecule has 0 fully saturated rings. The molecule has 0 spiro atoms. The van der Waals surface area contributed by atoms with Crippen LogP contribution >= 0.6 is 0 Å². The molecular formula is C9H12N4O4. The van der Waals surface area contributed by atoms with Gasteiger partial charge < -0.3 is 20.5 Å². The van der Waals surface area contributed by atoms with Gasteiger partial charge in [0.1, 0.15) is 6.54 Å². The van der Waals surface area contributed by atoms with Crippen molar-refractivity contribution in [3.05, 3.63) is 12.3 Å². The molecule has 1 amide bonds. The molecule has 0 aliphatic carbocycles. The molecule has 0 unspecified atom stereocenters. The second-order valence-electron chi connectivity index (χ2n) is 2.95. The van der Waals surface area contributed by atoms with Crippen LogP contribution in [-0.2, 0) is 9.59 Å². The minimum absolute atomic E-state index is 0.111. The third kappa shape index (κ3) is 4.78. The van der Waals surface area contributed by atoms with E-state index in [1.54, 1.807) is 6.07 Å². The van der Waals surface area contributed by atoms with Crippen LogP contribution in [0.3, 0.4) is 0 Å². The molecule has 8 nitrogen and oxygen atoms in total. The Kier molecular flexibility index (Phi) is 4.67. The van der Waals surface area contributed by atoms with Crippen molar-refractivity contribution in [1.29, 1.82) is 0 Å². The summed E-state index contributed by atoms with van der Waals surface area (Å²) in [4.78, 5) is 29.1. The normalized spacial score (nSPS) is 9.47. The fourth-order valence-electron chi connectivity index (χ4n) is 0.937. The van der Waals surface area contributed by atoms with Crippen LogP contribution in [-0.4, -0.2) is 47.2 Å². The van der Waals surface area contributed by atoms with E-state index in [1.807, 2.05) is 0 Å². The van der Waals surface area contributed by atoms with E-state index < -0.39 is 18.4 Å². The number of methoxy groups -OCH3 is 1. The van der Waals surface area contributed by atoms with Gasteiger partial charge in [0.25, 0.3) is 0 Å². The van der Waals surface area contributed by atoms with E-state index in [9.17, 15) is 9.59 Å². The summed E-state index contributed by atoms with van der Waals surface area (Å²) in [6, 6.07) is 1.57. The molecule has 1 rings (SSSR count). The average molecular weight is 240 g/mol. The first kappa shape index (κ1) is 12.7. The number of amides is 1. The van der Waals surface area contributed by atoms with Crippen molar-refractivity contribution in [3.63, 3.8) is 0 Å². The number of rotatable bonds is 6. The van der Waals surface area contributed by atoms with Gasteiger partial charge in [0, 0.05) is 12.3 Å². The molecule has 0 aromatic carbocycles. The van der Waals surface area contributed by atoms with Crippen molar-refractivity contribution in [1.82, 2.24) is 15.3 Å². The summed E-state index contributed by atoms with van der Waals surface area (Å²) in [7, 11) is 1.46. The molecule has 0 aliphatic heterocycles. The third-order valence-corrected chi connectivity index (χ3v) is 1.68. The van der Waals surface area contributed by atoms with E-state index in [-0.39, 0.29) is 12.5 Å². The van der Waals surface area contributed by atoms with Gasteiger partial charge in [-0.2, -0.15) is 4.98 Å². The molecular weight excluding hydrogens is 228 g/mol. The first-order valence-corrected chi connectivity index (χ1v) is 4.71. The lowest BCUT2D eigenvalue weighted by atomic mass is 10.5. The maximum Gasteiger partial charge on any atom is 0.322 e. The molecule has 17 heavy (non-hydrogen) atoms. The third-order valence-electron chi connectivity index (χ3n) is 1.68. The number of nitrogens with zero attached hydrogens (tertiary/aromatic N) is 2. The van der Waals surface area contributed by atoms with E-state index in [4.69, 9.17) is 9.84 Å². The molecule has 0 radical (unpaired) electrons. The van der Waals surface area contributed by atoms with Crippen molar-refractivity contribution < 1.29 is 19.4 Å². The summed E-state index contributed by atoms with van der Waals surface area (Å²) in [5.74, 6) is -0.960. The quantitative estimate of drug-likeness (QED) is 0.590. The Morgan fingerprint density at radius 2 is 2.24 bits per heavy atom. The minimum Gasteiger partial charge on any atom is -0.481 e. The topological polar surface area (TPSA) is 113 Å². The van der Waals surface area contributed by atoms with Gasteiger partial charge in [0.2, 0.25) is 17.7 Å². The maximum atomic E-state index is 11.2. The summed E-state index contributed by atoms with van der Waals surface area (Å²) < 4.78 is 4.87. The van der Waals surface area contributed by atoms with Crippen molar-refractivity contribution in [2.75, 3.05) is 25.5 Å². The average Bonchev–Trinajstić information content (AvgIpc) is 2.34. The molecule has 0 saturated heterocycles. The Labute approximate surface area is 97.0 Å². The van der Waals surface area contributed by atoms with Crippen LogP contribution in [0.15, 0.2) is 12.3 Å². The Morgan fingerprint density at radius 1 is 1.47 bits per heavy atom. The summed E-state index contributed by atoms with van der Waals surface area (Å²) in [5, 5.41) is 13.2. The molecule has 92 valence electrons. The zero-order valence-electron chi connectivity index (χ0n) is 9.14. The van der Waals surface area contributed by atoms with Gasteiger partial charge in [-0.05, 0) is 0 Å². The smallest absolute Gasteiger partial charge is 0.322 e. The van der Waals surface area contributed by atoms with E-state index in [1.165, 1.54) is 13.3 Å². The van der Waals surface area contributed by atoms with E-state index in [2.05, 4.69) is 20.6 Å². The van der Waals surface area contributed by atoms with Gasteiger partial charge >= 0.3 is 5.97 Å². The Bertz CT molecular complexity index is 410. The lowest BCUT2D eigenvalue weighted by Gasteiger charge is -2.05. The number of anilines is 1. The number of aliphatic carboxylic acids is 1. The van der Waals surface area contributed by atoms with Gasteiger partial charge in [-0.3, -0.25) is 9.59 Å². The number of aromatic nitrogens is 2. The fourth-order valence-corrected chi connectivity index (χ4v) is 0.937. The Hall–Kier alpha value is -2.38. The maximum absolute atomic E-state index is 11.2. The highest BCUT2D eigenvalue weighted by molar-refractivity contribution is 5.83. The van der Waals surface area contributed by atoms with Crippen LogP contribution in [0, 0.1) is 0 Å². The predicted molar refractivity (Wildman–Crippen MR) is 57.7 cm³/mol. The monoisotopic (exact) mass is 240 g/mol. The van der Waals surface area contributed by atoms with Gasteiger partial charge in [0.15, 0.2) is 0 Å². The molecule has 1 aromatic rings. The first-order chi connectivity index (χ1) is 8.11. The van der Waals surface area contributed by atoms with Gasteiger partial charge in [0.05, 0.1) is 13.7 Å². The predicted octanol–water partition coefficient (Wildman–Crippen LogP) is -0.902.